The van der Waals surface area contributed by atoms with Gasteiger partial charge in [0.2, 0.25) is 0 Å². The van der Waals surface area contributed by atoms with E-state index in [0.29, 0.717) is 6.04 Å². The second kappa shape index (κ2) is 6.35. The first kappa shape index (κ1) is 11.0. The lowest BCUT2D eigenvalue weighted by Crippen LogP contribution is -2.36. The Morgan fingerprint density at radius 2 is 2.00 bits per heavy atom. The third-order valence-corrected chi connectivity index (χ3v) is 2.49. The molecule has 1 aliphatic rings. The molecular weight excluding hydrogens is 164 g/mol. The Kier molecular flexibility index (Phi) is 5.35. The fourth-order valence-electron chi connectivity index (χ4n) is 1.63. The molecular formula is C10H22N2O. The summed E-state index contributed by atoms with van der Waals surface area (Å²) < 4.78 is 5.28. The molecule has 3 nitrogen and oxygen atoms in total. The molecule has 1 unspecified atom stereocenters. The predicted octanol–water partition coefficient (Wildman–Crippen LogP) is 0.836. The third kappa shape index (κ3) is 5.24. The molecule has 0 aliphatic carbocycles. The van der Waals surface area contributed by atoms with Gasteiger partial charge in [-0.05, 0) is 26.3 Å². The average molecular weight is 186 g/mol. The Morgan fingerprint density at radius 3 is 2.62 bits per heavy atom. The lowest BCUT2D eigenvalue weighted by molar-refractivity contribution is 0.0371. The predicted molar refractivity (Wildman–Crippen MR) is 54.8 cm³/mol. The fourth-order valence-corrected chi connectivity index (χ4v) is 1.63. The molecule has 0 aromatic heterocycles. The molecule has 1 atom stereocenters. The highest BCUT2D eigenvalue weighted by Crippen LogP contribution is 2.03. The molecule has 0 aromatic carbocycles. The van der Waals surface area contributed by atoms with Crippen LogP contribution in [0.15, 0.2) is 0 Å². The Labute approximate surface area is 81.2 Å². The van der Waals surface area contributed by atoms with Crippen LogP contribution in [0.1, 0.15) is 26.2 Å². The maximum absolute atomic E-state index is 5.68. The quantitative estimate of drug-likeness (QED) is 0.647. The molecule has 0 amide bonds. The highest BCUT2D eigenvalue weighted by atomic mass is 16.5. The van der Waals surface area contributed by atoms with Crippen LogP contribution in [0.4, 0.5) is 0 Å². The van der Waals surface area contributed by atoms with Gasteiger partial charge in [0.05, 0.1) is 13.2 Å². The zero-order valence-corrected chi connectivity index (χ0v) is 8.67. The minimum Gasteiger partial charge on any atom is -0.379 e. The van der Waals surface area contributed by atoms with Crippen molar-refractivity contribution in [3.63, 3.8) is 0 Å². The molecule has 13 heavy (non-hydrogen) atoms. The molecule has 1 saturated heterocycles. The van der Waals surface area contributed by atoms with Crippen molar-refractivity contribution in [1.82, 2.24) is 4.90 Å². The highest BCUT2D eigenvalue weighted by molar-refractivity contribution is 4.62. The van der Waals surface area contributed by atoms with Crippen molar-refractivity contribution in [1.29, 1.82) is 0 Å². The van der Waals surface area contributed by atoms with E-state index in [1.165, 1.54) is 19.4 Å². The molecule has 1 rings (SSSR count). The van der Waals surface area contributed by atoms with Crippen LogP contribution in [0.2, 0.25) is 0 Å². The SMILES string of the molecule is CC(N)CCCCN1CCOCC1. The summed E-state index contributed by atoms with van der Waals surface area (Å²) in [5, 5.41) is 0. The zero-order chi connectivity index (χ0) is 9.52. The number of rotatable bonds is 5. The zero-order valence-electron chi connectivity index (χ0n) is 8.67. The van der Waals surface area contributed by atoms with E-state index in [4.69, 9.17) is 10.5 Å². The number of unbranched alkanes of at least 4 members (excludes halogenated alkanes) is 1. The van der Waals surface area contributed by atoms with E-state index >= 15 is 0 Å². The molecule has 0 spiro atoms. The Bertz CT molecular complexity index is 122. The number of morpholine rings is 1. The molecule has 78 valence electrons. The molecule has 1 aliphatic heterocycles. The molecule has 0 bridgehead atoms. The minimum absolute atomic E-state index is 0.365. The van der Waals surface area contributed by atoms with Gasteiger partial charge in [-0.3, -0.25) is 4.90 Å². The van der Waals surface area contributed by atoms with E-state index in [1.54, 1.807) is 0 Å². The summed E-state index contributed by atoms with van der Waals surface area (Å²) in [5.41, 5.74) is 5.68. The molecule has 0 radical (unpaired) electrons. The van der Waals surface area contributed by atoms with Crippen LogP contribution < -0.4 is 5.73 Å². The second-order valence-corrected chi connectivity index (χ2v) is 3.93. The fraction of sp³-hybridized carbons (Fsp3) is 1.00. The first-order valence-corrected chi connectivity index (χ1v) is 5.34. The van der Waals surface area contributed by atoms with Crippen LogP contribution in [-0.4, -0.2) is 43.8 Å². The van der Waals surface area contributed by atoms with E-state index in [0.717, 1.165) is 32.7 Å². The van der Waals surface area contributed by atoms with Crippen molar-refractivity contribution in [2.45, 2.75) is 32.2 Å². The van der Waals surface area contributed by atoms with Crippen molar-refractivity contribution >= 4 is 0 Å². The lowest BCUT2D eigenvalue weighted by atomic mass is 10.1. The van der Waals surface area contributed by atoms with Gasteiger partial charge in [-0.25, -0.2) is 0 Å². The van der Waals surface area contributed by atoms with Crippen molar-refractivity contribution in [3.05, 3.63) is 0 Å². The van der Waals surface area contributed by atoms with Crippen LogP contribution in [0.3, 0.4) is 0 Å². The van der Waals surface area contributed by atoms with Crippen LogP contribution in [0.5, 0.6) is 0 Å². The number of nitrogens with zero attached hydrogens (tertiary/aromatic N) is 1. The van der Waals surface area contributed by atoms with Gasteiger partial charge in [-0.1, -0.05) is 6.42 Å². The molecule has 1 fully saturated rings. The summed E-state index contributed by atoms with van der Waals surface area (Å²) in [6.07, 6.45) is 3.70. The van der Waals surface area contributed by atoms with Gasteiger partial charge in [-0.15, -0.1) is 0 Å². The smallest absolute Gasteiger partial charge is 0.0594 e. The standard InChI is InChI=1S/C10H22N2O/c1-10(11)4-2-3-5-12-6-8-13-9-7-12/h10H,2-9,11H2,1H3. The summed E-state index contributed by atoms with van der Waals surface area (Å²) in [6.45, 7) is 7.34. The van der Waals surface area contributed by atoms with Crippen LogP contribution in [0, 0.1) is 0 Å². The molecule has 0 aromatic rings. The first-order chi connectivity index (χ1) is 6.29. The van der Waals surface area contributed by atoms with E-state index in [-0.39, 0.29) is 0 Å². The van der Waals surface area contributed by atoms with E-state index in [1.807, 2.05) is 0 Å². The number of hydrogen-bond acceptors (Lipinski definition) is 3. The maximum atomic E-state index is 5.68. The molecule has 2 N–H and O–H groups in total. The van der Waals surface area contributed by atoms with Crippen molar-refractivity contribution in [2.75, 3.05) is 32.8 Å². The second-order valence-electron chi connectivity index (χ2n) is 3.93. The Morgan fingerprint density at radius 1 is 1.31 bits per heavy atom. The number of hydrogen-bond donors (Lipinski definition) is 1. The van der Waals surface area contributed by atoms with E-state index in [2.05, 4.69) is 11.8 Å². The largest absolute Gasteiger partial charge is 0.379 e. The van der Waals surface area contributed by atoms with Gasteiger partial charge in [0.1, 0.15) is 0 Å². The summed E-state index contributed by atoms with van der Waals surface area (Å²) in [7, 11) is 0. The van der Waals surface area contributed by atoms with Gasteiger partial charge in [-0.2, -0.15) is 0 Å². The van der Waals surface area contributed by atoms with Crippen molar-refractivity contribution in [3.8, 4) is 0 Å². The van der Waals surface area contributed by atoms with Crippen LogP contribution >= 0.6 is 0 Å². The normalized spacial score (nSPS) is 21.7. The Balaban J connectivity index is 1.92. The van der Waals surface area contributed by atoms with Crippen LogP contribution in [0.25, 0.3) is 0 Å². The summed E-state index contributed by atoms with van der Waals surface area (Å²) >= 11 is 0. The first-order valence-electron chi connectivity index (χ1n) is 5.34. The van der Waals surface area contributed by atoms with Gasteiger partial charge < -0.3 is 10.5 Å². The third-order valence-electron chi connectivity index (χ3n) is 2.49. The van der Waals surface area contributed by atoms with Gasteiger partial charge >= 0.3 is 0 Å². The highest BCUT2D eigenvalue weighted by Gasteiger charge is 2.08. The van der Waals surface area contributed by atoms with Gasteiger partial charge in [0.25, 0.3) is 0 Å². The summed E-state index contributed by atoms with van der Waals surface area (Å²) in [6, 6.07) is 0.365. The lowest BCUT2D eigenvalue weighted by Gasteiger charge is -2.26. The van der Waals surface area contributed by atoms with Gasteiger partial charge in [0, 0.05) is 19.1 Å². The monoisotopic (exact) mass is 186 g/mol. The van der Waals surface area contributed by atoms with Crippen molar-refractivity contribution < 1.29 is 4.74 Å². The van der Waals surface area contributed by atoms with E-state index in [9.17, 15) is 0 Å². The topological polar surface area (TPSA) is 38.5 Å². The summed E-state index contributed by atoms with van der Waals surface area (Å²) in [5.74, 6) is 0. The maximum Gasteiger partial charge on any atom is 0.0594 e. The minimum atomic E-state index is 0.365. The Hall–Kier alpha value is -0.120. The molecule has 1 heterocycles. The van der Waals surface area contributed by atoms with Gasteiger partial charge in [0.15, 0.2) is 0 Å². The molecule has 0 saturated carbocycles. The summed E-state index contributed by atoms with van der Waals surface area (Å²) in [4.78, 5) is 2.48. The molecule has 3 heteroatoms. The van der Waals surface area contributed by atoms with Crippen LogP contribution in [-0.2, 0) is 4.74 Å². The average Bonchev–Trinajstić information content (AvgIpc) is 2.14. The van der Waals surface area contributed by atoms with Crippen molar-refractivity contribution in [2.24, 2.45) is 5.73 Å². The number of nitrogens with two attached hydrogens (primary N) is 1. The van der Waals surface area contributed by atoms with E-state index < -0.39 is 0 Å². The number of ether oxygens (including phenoxy) is 1.